The Kier molecular flexibility index (Phi) is 20.0. The van der Waals surface area contributed by atoms with Gasteiger partial charge in [0.15, 0.2) is 0 Å². The molecule has 0 amide bonds. The summed E-state index contributed by atoms with van der Waals surface area (Å²) in [6, 6.07) is 0. The van der Waals surface area contributed by atoms with Crippen LogP contribution in [0.25, 0.3) is 0 Å². The van der Waals surface area contributed by atoms with E-state index in [1.54, 1.807) is 0 Å². The zero-order valence-electron chi connectivity index (χ0n) is 14.1. The first-order valence-corrected chi connectivity index (χ1v) is 8.99. The Morgan fingerprint density at radius 2 is 1.00 bits per heavy atom. The van der Waals surface area contributed by atoms with Gasteiger partial charge in [0.1, 0.15) is 0 Å². The molecular weight excluding hydrogens is 327 g/mol. The minimum atomic E-state index is 0.189. The third-order valence-electron chi connectivity index (χ3n) is 2.93. The Morgan fingerprint density at radius 1 is 0.750 bits per heavy atom. The molecule has 2 aliphatic rings. The first-order chi connectivity index (χ1) is 9.56. The number of nitrogens with zero attached hydrogens (tertiary/aromatic N) is 1. The van der Waals surface area contributed by atoms with Crippen LogP contribution in [-0.4, -0.2) is 17.8 Å². The summed E-state index contributed by atoms with van der Waals surface area (Å²) in [5, 5.41) is 7.00. The molecule has 2 saturated carbocycles. The summed E-state index contributed by atoms with van der Waals surface area (Å²) in [7, 11) is 1.00. The molecule has 0 aromatic rings. The van der Waals surface area contributed by atoms with Gasteiger partial charge in [-0.2, -0.15) is 25.7 Å². The maximum Gasteiger partial charge on any atom is 0.0319 e. The van der Waals surface area contributed by atoms with Crippen molar-refractivity contribution in [1.82, 2.24) is 0 Å². The summed E-state index contributed by atoms with van der Waals surface area (Å²) in [5.74, 6) is 0. The van der Waals surface area contributed by atoms with E-state index < -0.39 is 0 Å². The molecule has 20 heavy (non-hydrogen) atoms. The standard InChI is InChI=1S/2C6H11.C4H9N.CH4O.Nb/c2*1-2-4-6-5-3-1;1-4(2,3)5;1-2;/h2*1H,2-6H2;1-3H3;2H,1H3;/q2*-1;;;. The van der Waals surface area contributed by atoms with E-state index in [1.165, 1.54) is 85.1 Å². The Labute approximate surface area is 139 Å². The van der Waals surface area contributed by atoms with E-state index in [0.29, 0.717) is 0 Å². The number of aliphatic hydroxyl groups excluding tert-OH is 1. The van der Waals surface area contributed by atoms with Crippen molar-refractivity contribution in [3.8, 4) is 0 Å². The van der Waals surface area contributed by atoms with E-state index in [-0.39, 0.29) is 5.54 Å². The molecule has 0 aromatic heterocycles. The van der Waals surface area contributed by atoms with Crippen molar-refractivity contribution < 1.29 is 26.0 Å². The van der Waals surface area contributed by atoms with Crippen LogP contribution < -0.4 is 0 Å². The van der Waals surface area contributed by atoms with Gasteiger partial charge in [0.25, 0.3) is 0 Å². The van der Waals surface area contributed by atoms with Crippen molar-refractivity contribution in [3.63, 3.8) is 0 Å². The quantitative estimate of drug-likeness (QED) is 0.452. The fourth-order valence-electron chi connectivity index (χ4n) is 1.80. The van der Waals surface area contributed by atoms with Gasteiger partial charge in [-0.15, -0.1) is 0 Å². The summed E-state index contributed by atoms with van der Waals surface area (Å²) in [5.41, 5.74) is 0.189. The predicted molar refractivity (Wildman–Crippen MR) is 85.1 cm³/mol. The second kappa shape index (κ2) is 17.6. The van der Waals surface area contributed by atoms with Crippen LogP contribution in [0.3, 0.4) is 0 Å². The van der Waals surface area contributed by atoms with Crippen LogP contribution in [0.4, 0.5) is 0 Å². The molecule has 2 rings (SSSR count). The average Bonchev–Trinajstić information content (AvgIpc) is 2.53. The molecule has 3 heteroatoms. The number of aliphatic hydroxyl groups is 1. The molecule has 2 aliphatic carbocycles. The van der Waals surface area contributed by atoms with Crippen molar-refractivity contribution >= 4 is 0 Å². The smallest absolute Gasteiger partial charge is 0.0319 e. The summed E-state index contributed by atoms with van der Waals surface area (Å²) >= 11 is 1.52. The van der Waals surface area contributed by atoms with Gasteiger partial charge in [-0.05, 0) is 0 Å². The fourth-order valence-corrected chi connectivity index (χ4v) is 1.80. The molecule has 1 N–H and O–H groups in total. The monoisotopic (exact) mass is 362 g/mol. The molecule has 2 fully saturated rings. The largest absolute Gasteiger partial charge is 0.400 e. The fraction of sp³-hybridized carbons (Fsp3) is 0.882. The average molecular weight is 362 g/mol. The third-order valence-corrected chi connectivity index (χ3v) is 4.41. The molecule has 0 spiro atoms. The molecule has 0 radical (unpaired) electrons. The molecular formula is C17H35NNbO-2. The van der Waals surface area contributed by atoms with E-state index in [2.05, 4.69) is 37.0 Å². The van der Waals surface area contributed by atoms with E-state index in [9.17, 15) is 0 Å². The zero-order chi connectivity index (χ0) is 15.7. The van der Waals surface area contributed by atoms with E-state index in [0.717, 1.165) is 7.11 Å². The van der Waals surface area contributed by atoms with Gasteiger partial charge in [-0.25, -0.2) is 0 Å². The summed E-state index contributed by atoms with van der Waals surface area (Å²) < 4.78 is 4.07. The molecule has 0 unspecified atom stereocenters. The van der Waals surface area contributed by atoms with E-state index in [1.807, 2.05) is 0 Å². The SMILES string of the molecule is CC(C)(C)[N]=[Nb].CO.[CH-]1CCCCC1.[CH-]1CCCCC1. The van der Waals surface area contributed by atoms with Crippen LogP contribution in [0.2, 0.25) is 0 Å². The summed E-state index contributed by atoms with van der Waals surface area (Å²) in [6.07, 6.45) is 19.0. The number of hydrogen-bond donors (Lipinski definition) is 1. The van der Waals surface area contributed by atoms with Gasteiger partial charge in [0.05, 0.1) is 0 Å². The third kappa shape index (κ3) is 23.6. The number of rotatable bonds is 0. The van der Waals surface area contributed by atoms with Gasteiger partial charge in [-0.3, -0.25) is 0 Å². The van der Waals surface area contributed by atoms with E-state index in [4.69, 9.17) is 5.11 Å². The van der Waals surface area contributed by atoms with Gasteiger partial charge in [0, 0.05) is 7.11 Å². The Bertz CT molecular complexity index is 147. The molecule has 121 valence electrons. The Balaban J connectivity index is 0. The maximum atomic E-state index is 7.00. The predicted octanol–water partition coefficient (Wildman–Crippen LogP) is 5.43. The summed E-state index contributed by atoms with van der Waals surface area (Å²) in [4.78, 5) is 0. The second-order valence-corrected chi connectivity index (χ2v) is 6.62. The number of hydrogen-bond acceptors (Lipinski definition) is 2. The molecule has 0 heterocycles. The molecule has 2 nitrogen and oxygen atoms in total. The van der Waals surface area contributed by atoms with Gasteiger partial charge in [0.2, 0.25) is 0 Å². The van der Waals surface area contributed by atoms with Crippen molar-refractivity contribution in [1.29, 1.82) is 0 Å². The van der Waals surface area contributed by atoms with Crippen LogP contribution >= 0.6 is 0 Å². The van der Waals surface area contributed by atoms with Crippen LogP contribution in [-0.2, 0) is 20.9 Å². The zero-order valence-corrected chi connectivity index (χ0v) is 16.3. The van der Waals surface area contributed by atoms with E-state index >= 15 is 0 Å². The van der Waals surface area contributed by atoms with Crippen molar-refractivity contribution in [3.05, 3.63) is 12.8 Å². The molecule has 0 bridgehead atoms. The minimum absolute atomic E-state index is 0.189. The van der Waals surface area contributed by atoms with Crippen LogP contribution in [0.15, 0.2) is 3.34 Å². The Morgan fingerprint density at radius 3 is 1.05 bits per heavy atom. The van der Waals surface area contributed by atoms with Gasteiger partial charge < -0.3 is 17.9 Å². The maximum absolute atomic E-state index is 7.00. The van der Waals surface area contributed by atoms with Crippen LogP contribution in [0.1, 0.15) is 85.0 Å². The van der Waals surface area contributed by atoms with Crippen molar-refractivity contribution in [2.75, 3.05) is 7.11 Å². The first-order valence-electron chi connectivity index (χ1n) is 8.00. The first kappa shape index (κ1) is 22.8. The molecule has 0 atom stereocenters. The van der Waals surface area contributed by atoms with Gasteiger partial charge >= 0.3 is 50.5 Å². The Hall–Kier alpha value is 0.500. The molecule has 0 aliphatic heterocycles. The minimum Gasteiger partial charge on any atom is -0.400 e. The normalized spacial score (nSPS) is 18.0. The summed E-state index contributed by atoms with van der Waals surface area (Å²) in [6.45, 7) is 6.27. The van der Waals surface area contributed by atoms with Crippen LogP contribution in [0.5, 0.6) is 0 Å². The molecule has 0 saturated heterocycles. The van der Waals surface area contributed by atoms with Gasteiger partial charge in [-0.1, -0.05) is 38.5 Å². The second-order valence-electron chi connectivity index (χ2n) is 6.12. The van der Waals surface area contributed by atoms with Crippen LogP contribution in [0, 0.1) is 12.8 Å². The molecule has 0 aromatic carbocycles. The van der Waals surface area contributed by atoms with Crippen molar-refractivity contribution in [2.45, 2.75) is 90.5 Å². The topological polar surface area (TPSA) is 32.6 Å². The van der Waals surface area contributed by atoms with Crippen molar-refractivity contribution in [2.24, 2.45) is 3.34 Å².